The summed E-state index contributed by atoms with van der Waals surface area (Å²) < 4.78 is 0. The molecule has 0 aliphatic carbocycles. The summed E-state index contributed by atoms with van der Waals surface area (Å²) in [5.41, 5.74) is 0.0427. The highest BCUT2D eigenvalue weighted by Gasteiger charge is 2.23. The molecule has 0 saturated carbocycles. The lowest BCUT2D eigenvalue weighted by Gasteiger charge is -2.31. The molecule has 0 radical (unpaired) electrons. The first-order valence-corrected chi connectivity index (χ1v) is 6.38. The van der Waals surface area contributed by atoms with E-state index in [1.807, 2.05) is 0 Å². The number of hydrogen-bond donors (Lipinski definition) is 3. The van der Waals surface area contributed by atoms with E-state index in [1.165, 1.54) is 0 Å². The third-order valence-corrected chi connectivity index (χ3v) is 2.68. The van der Waals surface area contributed by atoms with Crippen molar-refractivity contribution in [3.63, 3.8) is 0 Å². The second-order valence-electron chi connectivity index (χ2n) is 6.01. The molecule has 0 aromatic carbocycles. The molecule has 0 aliphatic rings. The zero-order valence-electron chi connectivity index (χ0n) is 11.8. The van der Waals surface area contributed by atoms with E-state index in [1.54, 1.807) is 0 Å². The van der Waals surface area contributed by atoms with E-state index in [-0.39, 0.29) is 24.0 Å². The van der Waals surface area contributed by atoms with Gasteiger partial charge in [0.2, 0.25) is 5.91 Å². The van der Waals surface area contributed by atoms with Crippen molar-refractivity contribution in [3.8, 4) is 0 Å². The highest BCUT2D eigenvalue weighted by molar-refractivity contribution is 5.78. The van der Waals surface area contributed by atoms with Crippen molar-refractivity contribution in [2.45, 2.75) is 47.1 Å². The molecule has 1 unspecified atom stereocenters. The largest absolute Gasteiger partial charge is 0.396 e. The quantitative estimate of drug-likeness (QED) is 0.629. The molecular formula is C13H28N2O2. The minimum absolute atomic E-state index is 0.0193. The van der Waals surface area contributed by atoms with Gasteiger partial charge < -0.3 is 15.7 Å². The Morgan fingerprint density at radius 3 is 2.29 bits per heavy atom. The van der Waals surface area contributed by atoms with Crippen LogP contribution in [0.2, 0.25) is 0 Å². The third-order valence-electron chi connectivity index (χ3n) is 2.68. The second-order valence-corrected chi connectivity index (χ2v) is 6.01. The molecule has 1 amide bonds. The average molecular weight is 244 g/mol. The van der Waals surface area contributed by atoms with Gasteiger partial charge in [-0.3, -0.25) is 4.79 Å². The lowest BCUT2D eigenvalue weighted by molar-refractivity contribution is -0.120. The van der Waals surface area contributed by atoms with Gasteiger partial charge in [0, 0.05) is 19.2 Å². The molecule has 4 heteroatoms. The molecule has 1 atom stereocenters. The van der Waals surface area contributed by atoms with Gasteiger partial charge in [-0.15, -0.1) is 0 Å². The van der Waals surface area contributed by atoms with Crippen LogP contribution in [-0.4, -0.2) is 36.8 Å². The normalized spacial score (nSPS) is 13.8. The fourth-order valence-electron chi connectivity index (χ4n) is 1.57. The van der Waals surface area contributed by atoms with Crippen molar-refractivity contribution < 1.29 is 9.90 Å². The van der Waals surface area contributed by atoms with E-state index in [9.17, 15) is 4.79 Å². The van der Waals surface area contributed by atoms with Crippen molar-refractivity contribution in [3.05, 3.63) is 0 Å². The summed E-state index contributed by atoms with van der Waals surface area (Å²) in [6.45, 7) is 11.6. The highest BCUT2D eigenvalue weighted by Crippen LogP contribution is 2.21. The molecule has 4 nitrogen and oxygen atoms in total. The smallest absolute Gasteiger partial charge is 0.233 e. The number of hydrogen-bond acceptors (Lipinski definition) is 3. The molecular weight excluding hydrogens is 216 g/mol. The van der Waals surface area contributed by atoms with Crippen LogP contribution >= 0.6 is 0 Å². The molecule has 17 heavy (non-hydrogen) atoms. The van der Waals surface area contributed by atoms with Crippen LogP contribution in [0, 0.1) is 11.3 Å². The van der Waals surface area contributed by atoms with Crippen LogP contribution in [0.5, 0.6) is 0 Å². The zero-order chi connectivity index (χ0) is 13.5. The number of rotatable bonds is 7. The Morgan fingerprint density at radius 1 is 1.29 bits per heavy atom. The summed E-state index contributed by atoms with van der Waals surface area (Å²) in [4.78, 5) is 11.5. The van der Waals surface area contributed by atoms with E-state index in [0.717, 1.165) is 0 Å². The molecule has 102 valence electrons. The molecule has 0 heterocycles. The standard InChI is InChI=1S/C13H28N2O2/c1-10(2)8-15-12(17)9-14-11(6-7-16)13(3,4)5/h10-11,14,16H,6-9H2,1-5H3,(H,15,17). The van der Waals surface area contributed by atoms with Gasteiger partial charge in [-0.1, -0.05) is 34.6 Å². The first-order chi connectivity index (χ1) is 7.77. The second kappa shape index (κ2) is 7.67. The monoisotopic (exact) mass is 244 g/mol. The van der Waals surface area contributed by atoms with Crippen molar-refractivity contribution in [2.75, 3.05) is 19.7 Å². The summed E-state index contributed by atoms with van der Waals surface area (Å²) in [7, 11) is 0. The average Bonchev–Trinajstić information content (AvgIpc) is 2.19. The van der Waals surface area contributed by atoms with Gasteiger partial charge in [0.05, 0.1) is 6.54 Å². The van der Waals surface area contributed by atoms with Crippen LogP contribution < -0.4 is 10.6 Å². The Bertz CT molecular complexity index is 222. The predicted molar refractivity (Wildman–Crippen MR) is 70.8 cm³/mol. The SMILES string of the molecule is CC(C)CNC(=O)CNC(CCO)C(C)(C)C. The third kappa shape index (κ3) is 8.16. The van der Waals surface area contributed by atoms with E-state index in [2.05, 4.69) is 45.3 Å². The van der Waals surface area contributed by atoms with E-state index in [0.29, 0.717) is 25.4 Å². The van der Waals surface area contributed by atoms with Gasteiger partial charge in [0.25, 0.3) is 0 Å². The lowest BCUT2D eigenvalue weighted by atomic mass is 9.85. The van der Waals surface area contributed by atoms with Gasteiger partial charge in [-0.25, -0.2) is 0 Å². The zero-order valence-corrected chi connectivity index (χ0v) is 11.8. The number of carbonyl (C=O) groups excluding carboxylic acids is 1. The molecule has 0 aromatic rings. The predicted octanol–water partition coefficient (Wildman–Crippen LogP) is 1.15. The van der Waals surface area contributed by atoms with Crippen molar-refractivity contribution in [1.82, 2.24) is 10.6 Å². The minimum Gasteiger partial charge on any atom is -0.396 e. The van der Waals surface area contributed by atoms with E-state index in [4.69, 9.17) is 5.11 Å². The fourth-order valence-corrected chi connectivity index (χ4v) is 1.57. The van der Waals surface area contributed by atoms with Crippen LogP contribution in [0.4, 0.5) is 0 Å². The van der Waals surface area contributed by atoms with Crippen molar-refractivity contribution in [2.24, 2.45) is 11.3 Å². The first kappa shape index (κ1) is 16.4. The van der Waals surface area contributed by atoms with Crippen molar-refractivity contribution >= 4 is 5.91 Å². The van der Waals surface area contributed by atoms with Crippen LogP contribution in [0.1, 0.15) is 41.0 Å². The maximum absolute atomic E-state index is 11.5. The van der Waals surface area contributed by atoms with Gasteiger partial charge in [-0.05, 0) is 17.8 Å². The molecule has 3 N–H and O–H groups in total. The molecule has 0 aromatic heterocycles. The Hall–Kier alpha value is -0.610. The molecule has 0 rings (SSSR count). The summed E-state index contributed by atoms with van der Waals surface area (Å²) in [5.74, 6) is 0.487. The van der Waals surface area contributed by atoms with Gasteiger partial charge in [0.15, 0.2) is 0 Å². The van der Waals surface area contributed by atoms with E-state index < -0.39 is 0 Å². The van der Waals surface area contributed by atoms with Crippen LogP contribution in [-0.2, 0) is 4.79 Å². The van der Waals surface area contributed by atoms with Gasteiger partial charge >= 0.3 is 0 Å². The van der Waals surface area contributed by atoms with Crippen molar-refractivity contribution in [1.29, 1.82) is 0 Å². The van der Waals surface area contributed by atoms with Gasteiger partial charge in [0.1, 0.15) is 0 Å². The number of aliphatic hydroxyl groups excluding tert-OH is 1. The molecule has 0 spiro atoms. The summed E-state index contributed by atoms with van der Waals surface area (Å²) >= 11 is 0. The molecule has 0 bridgehead atoms. The van der Waals surface area contributed by atoms with Crippen LogP contribution in [0.3, 0.4) is 0 Å². The summed E-state index contributed by atoms with van der Waals surface area (Å²) in [6, 6.07) is 0.150. The molecule has 0 saturated heterocycles. The van der Waals surface area contributed by atoms with Gasteiger partial charge in [-0.2, -0.15) is 0 Å². The topological polar surface area (TPSA) is 61.4 Å². The molecule has 0 fully saturated rings. The molecule has 0 aliphatic heterocycles. The number of aliphatic hydroxyl groups is 1. The summed E-state index contributed by atoms with van der Waals surface area (Å²) in [5, 5.41) is 15.1. The fraction of sp³-hybridized carbons (Fsp3) is 0.923. The number of carbonyl (C=O) groups is 1. The number of amides is 1. The first-order valence-electron chi connectivity index (χ1n) is 6.38. The maximum atomic E-state index is 11.5. The highest BCUT2D eigenvalue weighted by atomic mass is 16.3. The lowest BCUT2D eigenvalue weighted by Crippen LogP contribution is -2.46. The van der Waals surface area contributed by atoms with Crippen LogP contribution in [0.25, 0.3) is 0 Å². The summed E-state index contributed by atoms with van der Waals surface area (Å²) in [6.07, 6.45) is 0.668. The van der Waals surface area contributed by atoms with Crippen LogP contribution in [0.15, 0.2) is 0 Å². The maximum Gasteiger partial charge on any atom is 0.233 e. The number of nitrogens with one attached hydrogen (secondary N) is 2. The minimum atomic E-state index is 0.0193. The Kier molecular flexibility index (Phi) is 7.39. The Labute approximate surface area is 105 Å². The Morgan fingerprint density at radius 2 is 1.88 bits per heavy atom. The Balaban J connectivity index is 4.00. The van der Waals surface area contributed by atoms with E-state index >= 15 is 0 Å².